The minimum absolute atomic E-state index is 0.764. The lowest BCUT2D eigenvalue weighted by Crippen LogP contribution is -2.18. The van der Waals surface area contributed by atoms with Gasteiger partial charge in [0, 0.05) is 12.2 Å². The van der Waals surface area contributed by atoms with Crippen LogP contribution in [-0.2, 0) is 6.42 Å². The maximum absolute atomic E-state index is 5.97. The van der Waals surface area contributed by atoms with Gasteiger partial charge in [0.15, 0.2) is 0 Å². The van der Waals surface area contributed by atoms with Gasteiger partial charge in [0.1, 0.15) is 5.75 Å². The van der Waals surface area contributed by atoms with Crippen molar-refractivity contribution >= 4 is 17.4 Å². The summed E-state index contributed by atoms with van der Waals surface area (Å²) in [5, 5.41) is 3.44. The van der Waals surface area contributed by atoms with Gasteiger partial charge in [-0.05, 0) is 66.9 Å². The summed E-state index contributed by atoms with van der Waals surface area (Å²) in [7, 11) is 0. The van der Waals surface area contributed by atoms with E-state index in [0.29, 0.717) is 0 Å². The molecule has 0 radical (unpaired) electrons. The maximum atomic E-state index is 5.97. The molecule has 0 aliphatic carbocycles. The van der Waals surface area contributed by atoms with Crippen LogP contribution in [0.15, 0.2) is 18.2 Å². The number of hydrogen-bond donors (Lipinski definition) is 1. The van der Waals surface area contributed by atoms with Crippen molar-refractivity contribution in [3.63, 3.8) is 0 Å². The lowest BCUT2D eigenvalue weighted by Gasteiger charge is -2.22. The molecule has 0 bridgehead atoms. The van der Waals surface area contributed by atoms with Crippen LogP contribution in [0.2, 0.25) is 0 Å². The second kappa shape index (κ2) is 5.87. The van der Waals surface area contributed by atoms with Gasteiger partial charge in [-0.2, -0.15) is 11.8 Å². The lowest BCUT2D eigenvalue weighted by molar-refractivity contribution is 0.240. The first kappa shape index (κ1) is 12.2. The lowest BCUT2D eigenvalue weighted by atomic mass is 10.0. The van der Waals surface area contributed by atoms with Crippen molar-refractivity contribution in [1.82, 2.24) is 0 Å². The fraction of sp³-hybridized carbons (Fsp3) is 0.600. The Bertz CT molecular complexity index is 401. The van der Waals surface area contributed by atoms with E-state index in [1.165, 1.54) is 48.4 Å². The molecule has 2 aliphatic heterocycles. The van der Waals surface area contributed by atoms with Crippen LogP contribution in [-0.4, -0.2) is 24.7 Å². The SMILES string of the molecule is c1cc2c(cc1OCC1CCSCC1)CCCN2. The normalized spacial score (nSPS) is 20.0. The third-order valence-electron chi connectivity index (χ3n) is 3.84. The molecule has 1 N–H and O–H groups in total. The highest BCUT2D eigenvalue weighted by Crippen LogP contribution is 2.28. The predicted octanol–water partition coefficient (Wildman–Crippen LogP) is 3.57. The molecule has 1 saturated heterocycles. The first-order chi connectivity index (χ1) is 8.92. The molecule has 3 heteroatoms. The number of rotatable bonds is 3. The van der Waals surface area contributed by atoms with Crippen LogP contribution in [0.3, 0.4) is 0 Å². The zero-order valence-corrected chi connectivity index (χ0v) is 11.6. The summed E-state index contributed by atoms with van der Waals surface area (Å²) in [4.78, 5) is 0. The van der Waals surface area contributed by atoms with E-state index in [0.717, 1.165) is 24.8 Å². The molecular formula is C15H21NOS. The van der Waals surface area contributed by atoms with Gasteiger partial charge in [-0.1, -0.05) is 0 Å². The summed E-state index contributed by atoms with van der Waals surface area (Å²) in [5.74, 6) is 4.43. The summed E-state index contributed by atoms with van der Waals surface area (Å²) in [5.41, 5.74) is 2.71. The van der Waals surface area contributed by atoms with Crippen LogP contribution in [0.25, 0.3) is 0 Å². The van der Waals surface area contributed by atoms with E-state index in [2.05, 4.69) is 35.3 Å². The Morgan fingerprint density at radius 3 is 3.06 bits per heavy atom. The Kier molecular flexibility index (Phi) is 3.99. The van der Waals surface area contributed by atoms with Gasteiger partial charge in [-0.25, -0.2) is 0 Å². The number of aryl methyl sites for hydroxylation is 1. The summed E-state index contributed by atoms with van der Waals surface area (Å²) >= 11 is 2.08. The highest BCUT2D eigenvalue weighted by molar-refractivity contribution is 7.99. The van der Waals surface area contributed by atoms with Crippen LogP contribution in [0, 0.1) is 5.92 Å². The van der Waals surface area contributed by atoms with E-state index >= 15 is 0 Å². The Labute approximate surface area is 113 Å². The molecule has 0 spiro atoms. The van der Waals surface area contributed by atoms with E-state index in [-0.39, 0.29) is 0 Å². The Morgan fingerprint density at radius 2 is 2.17 bits per heavy atom. The fourth-order valence-electron chi connectivity index (χ4n) is 2.67. The van der Waals surface area contributed by atoms with Crippen molar-refractivity contribution in [2.45, 2.75) is 25.7 Å². The Balaban J connectivity index is 1.58. The quantitative estimate of drug-likeness (QED) is 0.901. The van der Waals surface area contributed by atoms with E-state index in [9.17, 15) is 0 Å². The number of anilines is 1. The largest absolute Gasteiger partial charge is 0.493 e. The molecule has 1 aromatic rings. The van der Waals surface area contributed by atoms with Crippen molar-refractivity contribution < 1.29 is 4.74 Å². The molecular weight excluding hydrogens is 242 g/mol. The molecule has 18 heavy (non-hydrogen) atoms. The summed E-state index contributed by atoms with van der Waals surface area (Å²) in [6.07, 6.45) is 5.05. The first-order valence-electron chi connectivity index (χ1n) is 6.99. The molecule has 0 amide bonds. The molecule has 2 nitrogen and oxygen atoms in total. The topological polar surface area (TPSA) is 21.3 Å². The third-order valence-corrected chi connectivity index (χ3v) is 4.89. The number of thioether (sulfide) groups is 1. The highest BCUT2D eigenvalue weighted by atomic mass is 32.2. The number of fused-ring (bicyclic) bond motifs is 1. The zero-order chi connectivity index (χ0) is 12.2. The van der Waals surface area contributed by atoms with Crippen molar-refractivity contribution in [3.8, 4) is 5.75 Å². The van der Waals surface area contributed by atoms with Crippen molar-refractivity contribution in [2.75, 3.05) is 30.0 Å². The molecule has 0 aromatic heterocycles. The minimum Gasteiger partial charge on any atom is -0.493 e. The van der Waals surface area contributed by atoms with Crippen molar-refractivity contribution in [2.24, 2.45) is 5.92 Å². The highest BCUT2D eigenvalue weighted by Gasteiger charge is 2.15. The molecule has 1 fully saturated rings. The molecule has 1 aromatic carbocycles. The first-order valence-corrected chi connectivity index (χ1v) is 8.14. The van der Waals surface area contributed by atoms with Gasteiger partial charge in [0.25, 0.3) is 0 Å². The molecule has 0 atom stereocenters. The molecule has 0 unspecified atom stereocenters. The number of hydrogen-bond acceptors (Lipinski definition) is 3. The summed E-state index contributed by atoms with van der Waals surface area (Å²) in [6, 6.07) is 6.49. The van der Waals surface area contributed by atoms with Crippen molar-refractivity contribution in [3.05, 3.63) is 23.8 Å². The molecule has 0 saturated carbocycles. The fourth-order valence-corrected chi connectivity index (χ4v) is 3.87. The molecule has 3 rings (SSSR count). The summed E-state index contributed by atoms with van der Waals surface area (Å²) in [6.45, 7) is 2.00. The molecule has 98 valence electrons. The second-order valence-electron chi connectivity index (χ2n) is 5.22. The number of nitrogens with one attached hydrogen (secondary N) is 1. The van der Waals surface area contributed by atoms with Gasteiger partial charge in [-0.15, -0.1) is 0 Å². The monoisotopic (exact) mass is 263 g/mol. The van der Waals surface area contributed by atoms with Gasteiger partial charge in [-0.3, -0.25) is 0 Å². The standard InChI is InChI=1S/C15H21NOS/c1-2-13-10-14(3-4-15(13)16-7-1)17-11-12-5-8-18-9-6-12/h3-4,10,12,16H,1-2,5-9,11H2. The summed E-state index contributed by atoms with van der Waals surface area (Å²) < 4.78 is 5.97. The van der Waals surface area contributed by atoms with E-state index in [1.807, 2.05) is 0 Å². The number of ether oxygens (including phenoxy) is 1. The van der Waals surface area contributed by atoms with Crippen LogP contribution in [0.1, 0.15) is 24.8 Å². The van der Waals surface area contributed by atoms with Gasteiger partial charge in [0.05, 0.1) is 6.61 Å². The van der Waals surface area contributed by atoms with Crippen LogP contribution in [0.4, 0.5) is 5.69 Å². The van der Waals surface area contributed by atoms with E-state index < -0.39 is 0 Å². The third kappa shape index (κ3) is 2.94. The Morgan fingerprint density at radius 1 is 1.28 bits per heavy atom. The maximum Gasteiger partial charge on any atom is 0.119 e. The number of benzene rings is 1. The van der Waals surface area contributed by atoms with E-state index in [4.69, 9.17) is 4.74 Å². The second-order valence-corrected chi connectivity index (χ2v) is 6.44. The van der Waals surface area contributed by atoms with Crippen LogP contribution in [0.5, 0.6) is 5.75 Å². The van der Waals surface area contributed by atoms with Crippen LogP contribution >= 0.6 is 11.8 Å². The zero-order valence-electron chi connectivity index (χ0n) is 10.8. The smallest absolute Gasteiger partial charge is 0.119 e. The van der Waals surface area contributed by atoms with Crippen LogP contribution < -0.4 is 10.1 Å². The van der Waals surface area contributed by atoms with Gasteiger partial charge < -0.3 is 10.1 Å². The average Bonchev–Trinajstić information content (AvgIpc) is 2.46. The van der Waals surface area contributed by atoms with Crippen molar-refractivity contribution in [1.29, 1.82) is 0 Å². The average molecular weight is 263 g/mol. The Hall–Kier alpha value is -0.830. The molecule has 2 heterocycles. The molecule has 2 aliphatic rings. The van der Waals surface area contributed by atoms with Gasteiger partial charge in [0.2, 0.25) is 0 Å². The van der Waals surface area contributed by atoms with Gasteiger partial charge >= 0.3 is 0 Å². The predicted molar refractivity (Wildman–Crippen MR) is 78.8 cm³/mol. The minimum atomic E-state index is 0.764. The van der Waals surface area contributed by atoms with E-state index in [1.54, 1.807) is 0 Å².